The van der Waals surface area contributed by atoms with Gasteiger partial charge in [-0.15, -0.1) is 0 Å². The van der Waals surface area contributed by atoms with Crippen molar-refractivity contribution in [2.24, 2.45) is 5.73 Å². The lowest BCUT2D eigenvalue weighted by Gasteiger charge is -2.08. The van der Waals surface area contributed by atoms with Gasteiger partial charge in [0.2, 0.25) is 11.8 Å². The van der Waals surface area contributed by atoms with E-state index in [0.29, 0.717) is 18.0 Å². The molecule has 1 heterocycles. The fourth-order valence-corrected chi connectivity index (χ4v) is 2.86. The molecule has 3 aromatic rings. The first-order valence-electron chi connectivity index (χ1n) is 9.21. The highest BCUT2D eigenvalue weighted by atomic mass is 16.5. The van der Waals surface area contributed by atoms with E-state index in [2.05, 4.69) is 10.5 Å². The van der Waals surface area contributed by atoms with Crippen LogP contribution in [0.5, 0.6) is 5.75 Å². The fraction of sp³-hybridized carbons (Fsp3) is 0.227. The third-order valence-electron chi connectivity index (χ3n) is 4.47. The van der Waals surface area contributed by atoms with E-state index >= 15 is 0 Å². The summed E-state index contributed by atoms with van der Waals surface area (Å²) >= 11 is 0. The lowest BCUT2D eigenvalue weighted by Crippen LogP contribution is -2.15. The number of hydrogen-bond acceptors (Lipinski definition) is 5. The summed E-state index contributed by atoms with van der Waals surface area (Å²) < 4.78 is 10.9. The average molecular weight is 393 g/mol. The van der Waals surface area contributed by atoms with Gasteiger partial charge in [0.25, 0.3) is 0 Å². The van der Waals surface area contributed by atoms with Crippen LogP contribution >= 0.6 is 0 Å². The summed E-state index contributed by atoms with van der Waals surface area (Å²) in [5.41, 5.74) is 9.28. The third-order valence-corrected chi connectivity index (χ3v) is 4.47. The lowest BCUT2D eigenvalue weighted by atomic mass is 10.1. The van der Waals surface area contributed by atoms with Crippen LogP contribution in [0, 0.1) is 13.8 Å². The monoisotopic (exact) mass is 393 g/mol. The Kier molecular flexibility index (Phi) is 6.29. The zero-order chi connectivity index (χ0) is 20.8. The van der Waals surface area contributed by atoms with Crippen LogP contribution in [0.15, 0.2) is 53.1 Å². The van der Waals surface area contributed by atoms with Crippen LogP contribution in [0.4, 0.5) is 5.69 Å². The number of hydrogen-bond donors (Lipinski definition) is 2. The number of aromatic nitrogens is 1. The molecule has 0 atom stereocenters. The van der Waals surface area contributed by atoms with E-state index in [1.165, 1.54) is 0 Å². The standard InChI is InChI=1S/C22H23N3O4/c1-14-20(15(2)29-25-14)13-28-19-9-5-17(6-10-19)12-22(27)24-18-7-3-16(4-8-18)11-21(23)26/h3-10H,11-13H2,1-2H3,(H2,23,26)(H,24,27). The Hall–Kier alpha value is -3.61. The van der Waals surface area contributed by atoms with Gasteiger partial charge in [-0.3, -0.25) is 9.59 Å². The van der Waals surface area contributed by atoms with Crippen molar-refractivity contribution in [2.75, 3.05) is 5.32 Å². The minimum Gasteiger partial charge on any atom is -0.489 e. The average Bonchev–Trinajstić information content (AvgIpc) is 3.00. The fourth-order valence-electron chi connectivity index (χ4n) is 2.86. The van der Waals surface area contributed by atoms with Gasteiger partial charge in [-0.05, 0) is 49.2 Å². The maximum absolute atomic E-state index is 12.3. The van der Waals surface area contributed by atoms with E-state index in [-0.39, 0.29) is 24.7 Å². The van der Waals surface area contributed by atoms with E-state index < -0.39 is 0 Å². The Morgan fingerprint density at radius 3 is 2.21 bits per heavy atom. The Morgan fingerprint density at radius 2 is 1.62 bits per heavy atom. The number of carbonyl (C=O) groups is 2. The van der Waals surface area contributed by atoms with Gasteiger partial charge in [0.05, 0.1) is 24.1 Å². The quantitative estimate of drug-likeness (QED) is 0.611. The molecule has 0 aliphatic carbocycles. The molecule has 7 nitrogen and oxygen atoms in total. The van der Waals surface area contributed by atoms with Crippen LogP contribution in [-0.4, -0.2) is 17.0 Å². The van der Waals surface area contributed by atoms with Crippen LogP contribution in [0.3, 0.4) is 0 Å². The van der Waals surface area contributed by atoms with Gasteiger partial charge in [-0.2, -0.15) is 0 Å². The molecule has 0 fully saturated rings. The van der Waals surface area contributed by atoms with Crippen molar-refractivity contribution in [1.29, 1.82) is 0 Å². The molecule has 0 aliphatic rings. The number of nitrogens with one attached hydrogen (secondary N) is 1. The number of rotatable bonds is 8. The van der Waals surface area contributed by atoms with Crippen LogP contribution in [-0.2, 0) is 29.0 Å². The van der Waals surface area contributed by atoms with E-state index in [4.69, 9.17) is 15.0 Å². The zero-order valence-electron chi connectivity index (χ0n) is 16.4. The number of nitrogens with zero attached hydrogens (tertiary/aromatic N) is 1. The first kappa shape index (κ1) is 20.1. The molecule has 2 aromatic carbocycles. The van der Waals surface area contributed by atoms with Crippen molar-refractivity contribution in [3.8, 4) is 5.75 Å². The summed E-state index contributed by atoms with van der Waals surface area (Å²) in [4.78, 5) is 23.2. The van der Waals surface area contributed by atoms with Crippen molar-refractivity contribution < 1.29 is 18.8 Å². The molecule has 0 unspecified atom stereocenters. The molecule has 3 N–H and O–H groups in total. The second-order valence-electron chi connectivity index (χ2n) is 6.80. The summed E-state index contributed by atoms with van der Waals surface area (Å²) in [5, 5.41) is 6.74. The Morgan fingerprint density at radius 1 is 1.00 bits per heavy atom. The number of primary amides is 1. The summed E-state index contributed by atoms with van der Waals surface area (Å²) in [6.07, 6.45) is 0.423. The van der Waals surface area contributed by atoms with Crippen molar-refractivity contribution in [3.63, 3.8) is 0 Å². The molecular formula is C22H23N3O4. The van der Waals surface area contributed by atoms with Gasteiger partial charge >= 0.3 is 0 Å². The molecule has 1 aromatic heterocycles. The van der Waals surface area contributed by atoms with Gasteiger partial charge in [0, 0.05) is 5.69 Å². The largest absolute Gasteiger partial charge is 0.489 e. The predicted octanol–water partition coefficient (Wildman–Crippen LogP) is 3.08. The predicted molar refractivity (Wildman–Crippen MR) is 108 cm³/mol. The summed E-state index contributed by atoms with van der Waals surface area (Å²) in [7, 11) is 0. The zero-order valence-corrected chi connectivity index (χ0v) is 16.4. The lowest BCUT2D eigenvalue weighted by molar-refractivity contribution is -0.117. The topological polar surface area (TPSA) is 107 Å². The molecule has 0 saturated carbocycles. The number of amides is 2. The van der Waals surface area contributed by atoms with Crippen LogP contribution in [0.25, 0.3) is 0 Å². The van der Waals surface area contributed by atoms with E-state index in [1.807, 2.05) is 38.1 Å². The van der Waals surface area contributed by atoms with Crippen molar-refractivity contribution in [2.45, 2.75) is 33.3 Å². The molecule has 29 heavy (non-hydrogen) atoms. The maximum atomic E-state index is 12.3. The molecule has 0 spiro atoms. The first-order chi connectivity index (χ1) is 13.9. The highest BCUT2D eigenvalue weighted by Crippen LogP contribution is 2.18. The highest BCUT2D eigenvalue weighted by Gasteiger charge is 2.10. The number of ether oxygens (including phenoxy) is 1. The minimum absolute atomic E-state index is 0.128. The molecular weight excluding hydrogens is 370 g/mol. The van der Waals surface area contributed by atoms with E-state index in [9.17, 15) is 9.59 Å². The number of nitrogens with two attached hydrogens (primary N) is 1. The van der Waals surface area contributed by atoms with Gasteiger partial charge in [0.15, 0.2) is 0 Å². The molecule has 2 amide bonds. The number of benzene rings is 2. The summed E-state index contributed by atoms with van der Waals surface area (Å²) in [5.74, 6) is 0.940. The van der Waals surface area contributed by atoms with Crippen LogP contribution in [0.2, 0.25) is 0 Å². The molecule has 150 valence electrons. The summed E-state index contributed by atoms with van der Waals surface area (Å²) in [6, 6.07) is 14.4. The maximum Gasteiger partial charge on any atom is 0.228 e. The van der Waals surface area contributed by atoms with E-state index in [0.717, 1.165) is 28.1 Å². The van der Waals surface area contributed by atoms with Crippen LogP contribution in [0.1, 0.15) is 28.1 Å². The molecule has 0 radical (unpaired) electrons. The van der Waals surface area contributed by atoms with Gasteiger partial charge in [-0.25, -0.2) is 0 Å². The smallest absolute Gasteiger partial charge is 0.228 e. The Balaban J connectivity index is 1.51. The molecule has 7 heteroatoms. The normalized spacial score (nSPS) is 10.6. The highest BCUT2D eigenvalue weighted by molar-refractivity contribution is 5.92. The van der Waals surface area contributed by atoms with Crippen LogP contribution < -0.4 is 15.8 Å². The van der Waals surface area contributed by atoms with Gasteiger partial charge < -0.3 is 20.3 Å². The number of anilines is 1. The van der Waals surface area contributed by atoms with Crippen molar-refractivity contribution >= 4 is 17.5 Å². The molecule has 0 bridgehead atoms. The SMILES string of the molecule is Cc1noc(C)c1COc1ccc(CC(=O)Nc2ccc(CC(N)=O)cc2)cc1. The van der Waals surface area contributed by atoms with Crippen molar-refractivity contribution in [3.05, 3.63) is 76.7 Å². The second kappa shape index (κ2) is 9.05. The number of carbonyl (C=O) groups excluding carboxylic acids is 2. The summed E-state index contributed by atoms with van der Waals surface area (Å²) in [6.45, 7) is 4.11. The number of aryl methyl sites for hydroxylation is 2. The van der Waals surface area contributed by atoms with Gasteiger partial charge in [-0.1, -0.05) is 29.4 Å². The molecule has 3 rings (SSSR count). The van der Waals surface area contributed by atoms with Gasteiger partial charge in [0.1, 0.15) is 18.1 Å². The van der Waals surface area contributed by atoms with Crippen molar-refractivity contribution in [1.82, 2.24) is 5.16 Å². The minimum atomic E-state index is -0.388. The Labute approximate surface area is 168 Å². The molecule has 0 saturated heterocycles. The first-order valence-corrected chi connectivity index (χ1v) is 9.21. The third kappa shape index (κ3) is 5.68. The Bertz CT molecular complexity index is 972. The van der Waals surface area contributed by atoms with E-state index in [1.54, 1.807) is 24.3 Å². The molecule has 0 aliphatic heterocycles. The second-order valence-corrected chi connectivity index (χ2v) is 6.80.